The zero-order valence-corrected chi connectivity index (χ0v) is 13.8. The Labute approximate surface area is 142 Å². The highest BCUT2D eigenvalue weighted by molar-refractivity contribution is 5.35. The second-order valence-corrected chi connectivity index (χ2v) is 5.81. The maximum absolute atomic E-state index is 9.32. The van der Waals surface area contributed by atoms with Crippen molar-refractivity contribution in [1.29, 1.82) is 0 Å². The quantitative estimate of drug-likeness (QED) is 0.726. The van der Waals surface area contributed by atoms with Crippen LogP contribution in [0.3, 0.4) is 0 Å². The fourth-order valence-electron chi connectivity index (χ4n) is 2.78. The average molecular weight is 322 g/mol. The Bertz CT molecular complexity index is 753. The molecule has 0 saturated carbocycles. The minimum Gasteiger partial charge on any atom is -0.395 e. The lowest BCUT2D eigenvalue weighted by Crippen LogP contribution is -2.26. The van der Waals surface area contributed by atoms with Gasteiger partial charge in [0.1, 0.15) is 5.82 Å². The van der Waals surface area contributed by atoms with E-state index in [0.29, 0.717) is 6.54 Å². The van der Waals surface area contributed by atoms with E-state index in [0.717, 1.165) is 30.2 Å². The summed E-state index contributed by atoms with van der Waals surface area (Å²) in [6.45, 7) is 4.34. The van der Waals surface area contributed by atoms with Crippen LogP contribution in [0.5, 0.6) is 0 Å². The number of benzene rings is 1. The van der Waals surface area contributed by atoms with Crippen molar-refractivity contribution in [2.45, 2.75) is 20.0 Å². The van der Waals surface area contributed by atoms with Crippen LogP contribution in [-0.2, 0) is 13.1 Å². The molecule has 0 aliphatic rings. The number of aliphatic hydroxyl groups is 1. The van der Waals surface area contributed by atoms with Gasteiger partial charge >= 0.3 is 0 Å². The Balaban J connectivity index is 1.69. The Hall–Kier alpha value is -2.50. The smallest absolute Gasteiger partial charge is 0.110 e. The van der Waals surface area contributed by atoms with Gasteiger partial charge in [-0.2, -0.15) is 0 Å². The maximum atomic E-state index is 9.32. The largest absolute Gasteiger partial charge is 0.395 e. The fraction of sp³-hybridized carbons (Fsp3) is 0.263. The fourth-order valence-corrected chi connectivity index (χ4v) is 2.78. The van der Waals surface area contributed by atoms with Crippen LogP contribution >= 0.6 is 0 Å². The Morgan fingerprint density at radius 2 is 1.83 bits per heavy atom. The molecule has 5 nitrogen and oxygen atoms in total. The number of hydrogen-bond donors (Lipinski definition) is 1. The first-order valence-electron chi connectivity index (χ1n) is 8.07. The van der Waals surface area contributed by atoms with Crippen molar-refractivity contribution in [3.8, 4) is 5.69 Å². The monoisotopic (exact) mass is 322 g/mol. The van der Waals surface area contributed by atoms with Gasteiger partial charge in [-0.25, -0.2) is 4.98 Å². The zero-order valence-electron chi connectivity index (χ0n) is 13.8. The third-order valence-corrected chi connectivity index (χ3v) is 3.99. The van der Waals surface area contributed by atoms with Crippen LogP contribution in [0, 0.1) is 6.92 Å². The molecule has 5 heteroatoms. The van der Waals surface area contributed by atoms with E-state index >= 15 is 0 Å². The first kappa shape index (κ1) is 16.4. The molecule has 2 aromatic heterocycles. The topological polar surface area (TPSA) is 54.2 Å². The van der Waals surface area contributed by atoms with Gasteiger partial charge in [-0.15, -0.1) is 0 Å². The highest BCUT2D eigenvalue weighted by Gasteiger charge is 2.08. The molecule has 3 rings (SSSR count). The SMILES string of the molecule is Cc1nccn1-c1ccc(CN(CCO)Cc2cccnc2)cc1. The lowest BCUT2D eigenvalue weighted by molar-refractivity contribution is 0.184. The van der Waals surface area contributed by atoms with E-state index < -0.39 is 0 Å². The number of aliphatic hydroxyl groups excluding tert-OH is 1. The molecule has 2 heterocycles. The normalized spacial score (nSPS) is 11.1. The van der Waals surface area contributed by atoms with Gasteiger partial charge in [-0.05, 0) is 36.2 Å². The van der Waals surface area contributed by atoms with Crippen LogP contribution in [0.2, 0.25) is 0 Å². The van der Waals surface area contributed by atoms with Crippen LogP contribution in [0.4, 0.5) is 0 Å². The standard InChI is InChI=1S/C19H22N4O/c1-16-21-9-10-23(16)19-6-4-17(5-7-19)14-22(11-12-24)15-18-3-2-8-20-13-18/h2-10,13,24H,11-12,14-15H2,1H3. The summed E-state index contributed by atoms with van der Waals surface area (Å²) in [6, 6.07) is 12.5. The van der Waals surface area contributed by atoms with E-state index in [2.05, 4.69) is 49.8 Å². The van der Waals surface area contributed by atoms with E-state index in [1.165, 1.54) is 5.56 Å². The van der Waals surface area contributed by atoms with Gasteiger partial charge in [0.05, 0.1) is 6.61 Å². The summed E-state index contributed by atoms with van der Waals surface area (Å²) in [5.74, 6) is 0.973. The first-order chi connectivity index (χ1) is 11.8. The number of pyridine rings is 1. The lowest BCUT2D eigenvalue weighted by atomic mass is 10.1. The summed E-state index contributed by atoms with van der Waals surface area (Å²) < 4.78 is 2.06. The highest BCUT2D eigenvalue weighted by Crippen LogP contribution is 2.14. The number of imidazole rings is 1. The zero-order chi connectivity index (χ0) is 16.8. The van der Waals surface area contributed by atoms with Crippen LogP contribution in [0.25, 0.3) is 5.69 Å². The van der Waals surface area contributed by atoms with Crippen molar-refractivity contribution >= 4 is 0 Å². The average Bonchev–Trinajstić information content (AvgIpc) is 3.03. The van der Waals surface area contributed by atoms with Gasteiger partial charge in [-0.3, -0.25) is 9.88 Å². The molecular weight excluding hydrogens is 300 g/mol. The summed E-state index contributed by atoms with van der Waals surface area (Å²) in [5, 5.41) is 9.32. The Morgan fingerprint density at radius 1 is 1.04 bits per heavy atom. The van der Waals surface area contributed by atoms with Crippen molar-refractivity contribution in [1.82, 2.24) is 19.4 Å². The summed E-state index contributed by atoms with van der Waals surface area (Å²) in [5.41, 5.74) is 3.47. The molecule has 0 bridgehead atoms. The van der Waals surface area contributed by atoms with Crippen LogP contribution < -0.4 is 0 Å². The van der Waals surface area contributed by atoms with Crippen LogP contribution in [0.15, 0.2) is 61.2 Å². The molecule has 3 aromatic rings. The Kier molecular flexibility index (Phi) is 5.36. The summed E-state index contributed by atoms with van der Waals surface area (Å²) in [7, 11) is 0. The van der Waals surface area contributed by atoms with Gasteiger partial charge in [0.15, 0.2) is 0 Å². The number of aryl methyl sites for hydroxylation is 1. The van der Waals surface area contributed by atoms with E-state index in [-0.39, 0.29) is 6.61 Å². The molecule has 124 valence electrons. The molecule has 24 heavy (non-hydrogen) atoms. The van der Waals surface area contributed by atoms with E-state index in [1.54, 1.807) is 12.4 Å². The third-order valence-electron chi connectivity index (χ3n) is 3.99. The van der Waals surface area contributed by atoms with Crippen molar-refractivity contribution in [2.24, 2.45) is 0 Å². The molecule has 0 fully saturated rings. The molecular formula is C19H22N4O. The maximum Gasteiger partial charge on any atom is 0.110 e. The molecule has 0 amide bonds. The minimum absolute atomic E-state index is 0.145. The molecule has 0 aliphatic heterocycles. The second kappa shape index (κ2) is 7.86. The van der Waals surface area contributed by atoms with Crippen molar-refractivity contribution < 1.29 is 5.11 Å². The van der Waals surface area contributed by atoms with Crippen molar-refractivity contribution in [2.75, 3.05) is 13.2 Å². The number of rotatable bonds is 7. The van der Waals surface area contributed by atoms with Gasteiger partial charge in [0.25, 0.3) is 0 Å². The predicted molar refractivity (Wildman–Crippen MR) is 93.7 cm³/mol. The minimum atomic E-state index is 0.145. The van der Waals surface area contributed by atoms with Gasteiger partial charge in [-0.1, -0.05) is 18.2 Å². The summed E-state index contributed by atoms with van der Waals surface area (Å²) in [4.78, 5) is 10.6. The predicted octanol–water partition coefficient (Wildman–Crippen LogP) is 2.57. The molecule has 0 saturated heterocycles. The number of aromatic nitrogens is 3. The lowest BCUT2D eigenvalue weighted by Gasteiger charge is -2.21. The molecule has 0 aliphatic carbocycles. The van der Waals surface area contributed by atoms with Gasteiger partial charge in [0.2, 0.25) is 0 Å². The van der Waals surface area contributed by atoms with Gasteiger partial charge < -0.3 is 9.67 Å². The summed E-state index contributed by atoms with van der Waals surface area (Å²) in [6.07, 6.45) is 7.41. The highest BCUT2D eigenvalue weighted by atomic mass is 16.3. The molecule has 0 radical (unpaired) electrons. The summed E-state index contributed by atoms with van der Waals surface area (Å²) >= 11 is 0. The van der Waals surface area contributed by atoms with Crippen molar-refractivity contribution in [3.63, 3.8) is 0 Å². The third kappa shape index (κ3) is 4.07. The van der Waals surface area contributed by atoms with E-state index in [4.69, 9.17) is 0 Å². The molecule has 0 atom stereocenters. The van der Waals surface area contributed by atoms with E-state index in [1.807, 2.05) is 25.4 Å². The van der Waals surface area contributed by atoms with Crippen LogP contribution in [-0.4, -0.2) is 37.7 Å². The molecule has 0 unspecified atom stereocenters. The van der Waals surface area contributed by atoms with Gasteiger partial charge in [0, 0.05) is 50.1 Å². The Morgan fingerprint density at radius 3 is 2.46 bits per heavy atom. The van der Waals surface area contributed by atoms with Crippen molar-refractivity contribution in [3.05, 3.63) is 78.1 Å². The molecule has 0 spiro atoms. The number of hydrogen-bond acceptors (Lipinski definition) is 4. The number of nitrogens with zero attached hydrogens (tertiary/aromatic N) is 4. The van der Waals surface area contributed by atoms with E-state index in [9.17, 15) is 5.11 Å². The molecule has 1 N–H and O–H groups in total. The molecule has 1 aromatic carbocycles. The second-order valence-electron chi connectivity index (χ2n) is 5.81. The first-order valence-corrected chi connectivity index (χ1v) is 8.07. The van der Waals surface area contributed by atoms with Crippen LogP contribution in [0.1, 0.15) is 17.0 Å².